The van der Waals surface area contributed by atoms with Crippen molar-refractivity contribution >= 4 is 32.6 Å². The van der Waals surface area contributed by atoms with Gasteiger partial charge >= 0.3 is 5.97 Å². The molecule has 0 spiro atoms. The van der Waals surface area contributed by atoms with Gasteiger partial charge in [-0.1, -0.05) is 42.5 Å². The summed E-state index contributed by atoms with van der Waals surface area (Å²) in [7, 11) is -1.79. The standard InChI is InChI=1S/C28H28FN3O5S/c1-16(32(2)27(33)18-9-7-17(14-30)8-10-18)21-5-4-6-22-24(26(28(34)35)31-25(21)22)19-11-12-20(23(29)13-19)15-38(3,36)37/h4-13,16,31H,14-15,30H2,1-3H3,(H,34,35). The molecule has 0 aliphatic heterocycles. The minimum atomic E-state index is -3.45. The van der Waals surface area contributed by atoms with Crippen molar-refractivity contribution < 1.29 is 27.5 Å². The number of fused-ring (bicyclic) bond motifs is 1. The van der Waals surface area contributed by atoms with E-state index < -0.39 is 33.4 Å². The maximum atomic E-state index is 14.8. The van der Waals surface area contributed by atoms with Gasteiger partial charge in [-0.15, -0.1) is 0 Å². The zero-order valence-corrected chi connectivity index (χ0v) is 22.0. The summed E-state index contributed by atoms with van der Waals surface area (Å²) in [6.07, 6.45) is 1.02. The van der Waals surface area contributed by atoms with Crippen molar-refractivity contribution in [2.45, 2.75) is 25.3 Å². The molecule has 4 N–H and O–H groups in total. The number of para-hydroxylation sites is 1. The van der Waals surface area contributed by atoms with Crippen LogP contribution in [0, 0.1) is 5.82 Å². The van der Waals surface area contributed by atoms with E-state index in [1.807, 2.05) is 6.92 Å². The number of aromatic amines is 1. The maximum Gasteiger partial charge on any atom is 0.352 e. The average molecular weight is 538 g/mol. The lowest BCUT2D eigenvalue weighted by Crippen LogP contribution is -2.29. The first-order valence-corrected chi connectivity index (χ1v) is 13.9. The molecule has 1 heterocycles. The van der Waals surface area contributed by atoms with Gasteiger partial charge in [-0.25, -0.2) is 17.6 Å². The van der Waals surface area contributed by atoms with E-state index in [2.05, 4.69) is 4.98 Å². The molecule has 1 aromatic heterocycles. The van der Waals surface area contributed by atoms with Crippen molar-refractivity contribution in [1.82, 2.24) is 9.88 Å². The number of sulfone groups is 1. The summed E-state index contributed by atoms with van der Waals surface area (Å²) in [5, 5.41) is 10.5. The molecule has 0 aliphatic rings. The fourth-order valence-electron chi connectivity index (χ4n) is 4.52. The zero-order valence-electron chi connectivity index (χ0n) is 21.2. The monoisotopic (exact) mass is 537 g/mol. The lowest BCUT2D eigenvalue weighted by molar-refractivity contribution is 0.0690. The average Bonchev–Trinajstić information content (AvgIpc) is 3.28. The molecule has 3 aromatic carbocycles. The Balaban J connectivity index is 1.78. The van der Waals surface area contributed by atoms with Crippen LogP contribution in [0.1, 0.15) is 50.5 Å². The summed E-state index contributed by atoms with van der Waals surface area (Å²) in [5.41, 5.74) is 8.66. The molecule has 0 bridgehead atoms. The molecule has 8 nitrogen and oxygen atoms in total. The Bertz CT molecular complexity index is 1650. The molecule has 10 heteroatoms. The Hall–Kier alpha value is -4.02. The Morgan fingerprint density at radius 2 is 1.79 bits per heavy atom. The number of H-pyrrole nitrogens is 1. The van der Waals surface area contributed by atoms with Crippen LogP contribution in [0.5, 0.6) is 0 Å². The minimum absolute atomic E-state index is 0.00177. The molecule has 0 saturated heterocycles. The van der Waals surface area contributed by atoms with Gasteiger partial charge in [-0.3, -0.25) is 4.79 Å². The van der Waals surface area contributed by atoms with Crippen LogP contribution < -0.4 is 5.73 Å². The Morgan fingerprint density at radius 3 is 2.37 bits per heavy atom. The fourth-order valence-corrected chi connectivity index (χ4v) is 5.32. The van der Waals surface area contributed by atoms with Crippen molar-refractivity contribution in [1.29, 1.82) is 0 Å². The number of nitrogens with zero attached hydrogens (tertiary/aromatic N) is 1. The van der Waals surface area contributed by atoms with Crippen molar-refractivity contribution in [3.63, 3.8) is 0 Å². The second-order valence-corrected chi connectivity index (χ2v) is 11.5. The highest BCUT2D eigenvalue weighted by atomic mass is 32.2. The SMILES string of the molecule is CC(c1cccc2c(-c3ccc(CS(C)(=O)=O)c(F)c3)c(C(=O)O)[nH]c12)N(C)C(=O)c1ccc(CN)cc1. The summed E-state index contributed by atoms with van der Waals surface area (Å²) in [5.74, 6) is -2.66. The molecule has 1 amide bonds. The molecular formula is C28H28FN3O5S. The molecule has 0 saturated carbocycles. The topological polar surface area (TPSA) is 134 Å². The molecular weight excluding hydrogens is 509 g/mol. The van der Waals surface area contributed by atoms with Gasteiger partial charge in [0, 0.05) is 41.9 Å². The number of nitrogens with two attached hydrogens (primary N) is 1. The number of carbonyl (C=O) groups excluding carboxylic acids is 1. The lowest BCUT2D eigenvalue weighted by atomic mass is 9.97. The van der Waals surface area contributed by atoms with Crippen LogP contribution >= 0.6 is 0 Å². The maximum absolute atomic E-state index is 14.8. The van der Waals surface area contributed by atoms with Crippen LogP contribution in [0.15, 0.2) is 60.7 Å². The number of carbonyl (C=O) groups is 2. The third-order valence-electron chi connectivity index (χ3n) is 6.63. The Kier molecular flexibility index (Phi) is 7.39. The van der Waals surface area contributed by atoms with Gasteiger partial charge in [0.1, 0.15) is 11.5 Å². The highest BCUT2D eigenvalue weighted by Gasteiger charge is 2.25. The number of carboxylic acids is 1. The summed E-state index contributed by atoms with van der Waals surface area (Å²) in [6.45, 7) is 2.20. The van der Waals surface area contributed by atoms with Gasteiger partial charge in [-0.05, 0) is 41.8 Å². The number of benzene rings is 3. The summed E-state index contributed by atoms with van der Waals surface area (Å²) < 4.78 is 38.1. The number of aromatic carboxylic acids is 1. The van der Waals surface area contributed by atoms with Crippen LogP contribution in [0.25, 0.3) is 22.0 Å². The second-order valence-electron chi connectivity index (χ2n) is 9.32. The van der Waals surface area contributed by atoms with Crippen molar-refractivity contribution in [3.8, 4) is 11.1 Å². The number of amides is 1. The van der Waals surface area contributed by atoms with Gasteiger partial charge in [0.2, 0.25) is 0 Å². The van der Waals surface area contributed by atoms with E-state index in [1.165, 1.54) is 12.1 Å². The van der Waals surface area contributed by atoms with E-state index in [9.17, 15) is 27.5 Å². The molecule has 1 unspecified atom stereocenters. The molecule has 4 aromatic rings. The summed E-state index contributed by atoms with van der Waals surface area (Å²) in [6, 6.07) is 15.9. The number of rotatable bonds is 8. The van der Waals surface area contributed by atoms with Crippen molar-refractivity contribution in [3.05, 3.63) is 94.4 Å². The third-order valence-corrected chi connectivity index (χ3v) is 7.46. The zero-order chi connectivity index (χ0) is 27.8. The minimum Gasteiger partial charge on any atom is -0.477 e. The summed E-state index contributed by atoms with van der Waals surface area (Å²) >= 11 is 0. The van der Waals surface area contributed by atoms with E-state index in [-0.39, 0.29) is 28.3 Å². The predicted octanol–water partition coefficient (Wildman–Crippen LogP) is 4.51. The van der Waals surface area contributed by atoms with Gasteiger partial charge in [-0.2, -0.15) is 0 Å². The van der Waals surface area contributed by atoms with Crippen LogP contribution in [-0.2, 0) is 22.1 Å². The Labute approximate surface area is 219 Å². The van der Waals surface area contributed by atoms with Crippen LogP contribution in [0.2, 0.25) is 0 Å². The van der Waals surface area contributed by atoms with Crippen LogP contribution in [0.4, 0.5) is 4.39 Å². The number of carboxylic acid groups (broad SMARTS) is 1. The number of hydrogen-bond donors (Lipinski definition) is 3. The fraction of sp³-hybridized carbons (Fsp3) is 0.214. The van der Waals surface area contributed by atoms with E-state index in [1.54, 1.807) is 54.4 Å². The van der Waals surface area contributed by atoms with Crippen LogP contribution in [0.3, 0.4) is 0 Å². The molecule has 38 heavy (non-hydrogen) atoms. The largest absolute Gasteiger partial charge is 0.477 e. The van der Waals surface area contributed by atoms with E-state index in [0.29, 0.717) is 28.6 Å². The normalized spacial score (nSPS) is 12.4. The molecule has 1 atom stereocenters. The van der Waals surface area contributed by atoms with Crippen LogP contribution in [-0.4, -0.2) is 48.6 Å². The van der Waals surface area contributed by atoms with Gasteiger partial charge in [0.15, 0.2) is 9.84 Å². The number of nitrogens with one attached hydrogen (secondary N) is 1. The molecule has 4 rings (SSSR count). The molecule has 0 aliphatic carbocycles. The predicted molar refractivity (Wildman–Crippen MR) is 144 cm³/mol. The first-order chi connectivity index (χ1) is 17.9. The van der Waals surface area contributed by atoms with E-state index in [4.69, 9.17) is 5.73 Å². The molecule has 198 valence electrons. The van der Waals surface area contributed by atoms with Crippen molar-refractivity contribution in [2.24, 2.45) is 5.73 Å². The third kappa shape index (κ3) is 5.32. The van der Waals surface area contributed by atoms with Crippen molar-refractivity contribution in [2.75, 3.05) is 13.3 Å². The first kappa shape index (κ1) is 27.0. The number of aromatic nitrogens is 1. The second kappa shape index (κ2) is 10.4. The molecule has 0 radical (unpaired) electrons. The quantitative estimate of drug-likeness (QED) is 0.303. The lowest BCUT2D eigenvalue weighted by Gasteiger charge is -2.26. The van der Waals surface area contributed by atoms with Gasteiger partial charge in [0.25, 0.3) is 5.91 Å². The van der Waals surface area contributed by atoms with Gasteiger partial charge < -0.3 is 20.7 Å². The number of halogens is 1. The number of hydrogen-bond acceptors (Lipinski definition) is 5. The van der Waals surface area contributed by atoms with E-state index >= 15 is 0 Å². The first-order valence-electron chi connectivity index (χ1n) is 11.8. The summed E-state index contributed by atoms with van der Waals surface area (Å²) in [4.78, 5) is 29.9. The molecule has 0 fully saturated rings. The highest BCUT2D eigenvalue weighted by Crippen LogP contribution is 2.37. The van der Waals surface area contributed by atoms with Gasteiger partial charge in [0.05, 0.1) is 17.3 Å². The highest BCUT2D eigenvalue weighted by molar-refractivity contribution is 7.89. The Morgan fingerprint density at radius 1 is 1.11 bits per heavy atom. The smallest absolute Gasteiger partial charge is 0.352 e. The van der Waals surface area contributed by atoms with E-state index in [0.717, 1.165) is 17.9 Å².